The van der Waals surface area contributed by atoms with E-state index in [0.717, 1.165) is 5.69 Å². The van der Waals surface area contributed by atoms with Crippen LogP contribution >= 0.6 is 0 Å². The number of aromatic nitrogens is 2. The number of rotatable bonds is 5. The average Bonchev–Trinajstić information content (AvgIpc) is 2.77. The monoisotopic (exact) mass is 248 g/mol. The molecule has 100 valence electrons. The van der Waals surface area contributed by atoms with Crippen LogP contribution in [-0.2, 0) is 11.2 Å². The molecule has 1 heterocycles. The van der Waals surface area contributed by atoms with Gasteiger partial charge in [0.1, 0.15) is 5.78 Å². The lowest BCUT2D eigenvalue weighted by Crippen LogP contribution is -2.14. The molecule has 0 saturated heterocycles. The topological polar surface area (TPSA) is 34.9 Å². The largest absolute Gasteiger partial charge is 0.299 e. The second-order valence-corrected chi connectivity index (χ2v) is 5.89. The minimum atomic E-state index is 0.305. The van der Waals surface area contributed by atoms with E-state index in [1.807, 2.05) is 12.3 Å². The standard InChI is InChI=1S/C15H24N2O/c1-12(2)10-15(18)11-13-8-9-17(16-13)14-6-4-3-5-7-14/h8-9,12,14H,3-7,10-11H2,1-2H3. The van der Waals surface area contributed by atoms with E-state index in [9.17, 15) is 4.79 Å². The summed E-state index contributed by atoms with van der Waals surface area (Å²) in [6.45, 7) is 4.16. The lowest BCUT2D eigenvalue weighted by atomic mass is 9.96. The molecule has 2 rings (SSSR count). The smallest absolute Gasteiger partial charge is 0.139 e. The Morgan fingerprint density at radius 2 is 2.11 bits per heavy atom. The van der Waals surface area contributed by atoms with Gasteiger partial charge in [-0.3, -0.25) is 9.48 Å². The maximum absolute atomic E-state index is 11.8. The molecular weight excluding hydrogens is 224 g/mol. The van der Waals surface area contributed by atoms with Gasteiger partial charge < -0.3 is 0 Å². The van der Waals surface area contributed by atoms with Crippen molar-refractivity contribution in [3.8, 4) is 0 Å². The Kier molecular flexibility index (Phi) is 4.56. The second kappa shape index (κ2) is 6.17. The van der Waals surface area contributed by atoms with Crippen LogP contribution < -0.4 is 0 Å². The number of hydrogen-bond acceptors (Lipinski definition) is 2. The van der Waals surface area contributed by atoms with Crippen LogP contribution in [0, 0.1) is 5.92 Å². The molecule has 1 saturated carbocycles. The zero-order chi connectivity index (χ0) is 13.0. The molecular formula is C15H24N2O. The third-order valence-corrected chi connectivity index (χ3v) is 3.63. The Bertz CT molecular complexity index is 389. The van der Waals surface area contributed by atoms with Crippen molar-refractivity contribution in [1.29, 1.82) is 0 Å². The number of hydrogen-bond donors (Lipinski definition) is 0. The van der Waals surface area contributed by atoms with Crippen molar-refractivity contribution in [1.82, 2.24) is 9.78 Å². The molecule has 1 fully saturated rings. The first-order valence-corrected chi connectivity index (χ1v) is 7.21. The molecule has 0 amide bonds. The van der Waals surface area contributed by atoms with Crippen molar-refractivity contribution in [2.45, 2.75) is 64.8 Å². The summed E-state index contributed by atoms with van der Waals surface area (Å²) in [6, 6.07) is 2.57. The average molecular weight is 248 g/mol. The minimum absolute atomic E-state index is 0.305. The highest BCUT2D eigenvalue weighted by Gasteiger charge is 2.16. The van der Waals surface area contributed by atoms with Crippen molar-refractivity contribution in [2.75, 3.05) is 0 Å². The summed E-state index contributed by atoms with van der Waals surface area (Å²) in [5, 5.41) is 4.58. The van der Waals surface area contributed by atoms with E-state index in [1.54, 1.807) is 0 Å². The van der Waals surface area contributed by atoms with E-state index in [2.05, 4.69) is 23.6 Å². The second-order valence-electron chi connectivity index (χ2n) is 5.89. The number of Topliss-reactive ketones (excluding diaryl/α,β-unsaturated/α-hetero) is 1. The van der Waals surface area contributed by atoms with Crippen molar-refractivity contribution >= 4 is 5.78 Å². The number of ketones is 1. The molecule has 0 radical (unpaired) electrons. The molecule has 0 spiro atoms. The molecule has 1 aromatic heterocycles. The molecule has 0 aliphatic heterocycles. The van der Waals surface area contributed by atoms with Gasteiger partial charge in [-0.05, 0) is 24.8 Å². The van der Waals surface area contributed by atoms with E-state index < -0.39 is 0 Å². The third kappa shape index (κ3) is 3.69. The van der Waals surface area contributed by atoms with Gasteiger partial charge in [0.15, 0.2) is 0 Å². The van der Waals surface area contributed by atoms with Gasteiger partial charge in [-0.25, -0.2) is 0 Å². The van der Waals surface area contributed by atoms with Crippen molar-refractivity contribution in [3.05, 3.63) is 18.0 Å². The fourth-order valence-corrected chi connectivity index (χ4v) is 2.75. The van der Waals surface area contributed by atoms with Crippen LogP contribution in [0.3, 0.4) is 0 Å². The number of carbonyl (C=O) groups excluding carboxylic acids is 1. The summed E-state index contributed by atoms with van der Waals surface area (Å²) in [6.07, 6.45) is 9.67. The van der Waals surface area contributed by atoms with Gasteiger partial charge in [0.25, 0.3) is 0 Å². The first kappa shape index (κ1) is 13.3. The fraction of sp³-hybridized carbons (Fsp3) is 0.733. The van der Waals surface area contributed by atoms with E-state index in [0.29, 0.717) is 30.6 Å². The highest BCUT2D eigenvalue weighted by atomic mass is 16.1. The van der Waals surface area contributed by atoms with Crippen molar-refractivity contribution in [2.24, 2.45) is 5.92 Å². The Labute approximate surface area is 110 Å². The summed E-state index contributed by atoms with van der Waals surface area (Å²) >= 11 is 0. The third-order valence-electron chi connectivity index (χ3n) is 3.63. The number of carbonyl (C=O) groups is 1. The van der Waals surface area contributed by atoms with Gasteiger partial charge in [0.2, 0.25) is 0 Å². The summed E-state index contributed by atoms with van der Waals surface area (Å²) in [5.74, 6) is 0.747. The van der Waals surface area contributed by atoms with Gasteiger partial charge in [0.05, 0.1) is 18.2 Å². The van der Waals surface area contributed by atoms with E-state index in [1.165, 1.54) is 32.1 Å². The van der Waals surface area contributed by atoms with Crippen LogP contribution in [-0.4, -0.2) is 15.6 Å². The highest BCUT2D eigenvalue weighted by Crippen LogP contribution is 2.27. The van der Waals surface area contributed by atoms with Gasteiger partial charge in [-0.15, -0.1) is 0 Å². The van der Waals surface area contributed by atoms with Crippen molar-refractivity contribution < 1.29 is 4.79 Å². The van der Waals surface area contributed by atoms with Crippen molar-refractivity contribution in [3.63, 3.8) is 0 Å². The van der Waals surface area contributed by atoms with Crippen LogP contribution in [0.2, 0.25) is 0 Å². The fourth-order valence-electron chi connectivity index (χ4n) is 2.75. The Morgan fingerprint density at radius 3 is 2.78 bits per heavy atom. The lowest BCUT2D eigenvalue weighted by Gasteiger charge is -2.21. The Hall–Kier alpha value is -1.12. The zero-order valence-corrected chi connectivity index (χ0v) is 11.6. The lowest BCUT2D eigenvalue weighted by molar-refractivity contribution is -0.119. The van der Waals surface area contributed by atoms with Gasteiger partial charge in [-0.2, -0.15) is 5.10 Å². The zero-order valence-electron chi connectivity index (χ0n) is 11.6. The number of nitrogens with zero attached hydrogens (tertiary/aromatic N) is 2. The molecule has 18 heavy (non-hydrogen) atoms. The molecule has 3 heteroatoms. The molecule has 0 unspecified atom stereocenters. The summed E-state index contributed by atoms with van der Waals surface area (Å²) < 4.78 is 2.08. The van der Waals surface area contributed by atoms with E-state index in [-0.39, 0.29) is 0 Å². The molecule has 1 aromatic rings. The summed E-state index contributed by atoms with van der Waals surface area (Å²) in [4.78, 5) is 11.8. The maximum Gasteiger partial charge on any atom is 0.139 e. The van der Waals surface area contributed by atoms with Crippen LogP contribution in [0.25, 0.3) is 0 Å². The molecule has 0 aromatic carbocycles. The first-order chi connectivity index (χ1) is 8.65. The predicted octanol–water partition coefficient (Wildman–Crippen LogP) is 3.55. The van der Waals surface area contributed by atoms with Gasteiger partial charge in [-0.1, -0.05) is 33.1 Å². The highest BCUT2D eigenvalue weighted by molar-refractivity contribution is 5.80. The van der Waals surface area contributed by atoms with E-state index in [4.69, 9.17) is 0 Å². The molecule has 1 aliphatic rings. The quantitative estimate of drug-likeness (QED) is 0.798. The van der Waals surface area contributed by atoms with Gasteiger partial charge >= 0.3 is 0 Å². The SMILES string of the molecule is CC(C)CC(=O)Cc1ccn(C2CCCCC2)n1. The van der Waals surface area contributed by atoms with Crippen LogP contribution in [0.4, 0.5) is 0 Å². The van der Waals surface area contributed by atoms with Crippen LogP contribution in [0.15, 0.2) is 12.3 Å². The minimum Gasteiger partial charge on any atom is -0.299 e. The van der Waals surface area contributed by atoms with Crippen LogP contribution in [0.5, 0.6) is 0 Å². The normalized spacial score (nSPS) is 17.3. The predicted molar refractivity (Wildman–Crippen MR) is 72.5 cm³/mol. The van der Waals surface area contributed by atoms with E-state index >= 15 is 0 Å². The molecule has 0 bridgehead atoms. The molecule has 0 atom stereocenters. The summed E-state index contributed by atoms with van der Waals surface area (Å²) in [5.41, 5.74) is 0.936. The Balaban J connectivity index is 1.91. The first-order valence-electron chi connectivity index (χ1n) is 7.21. The van der Waals surface area contributed by atoms with Gasteiger partial charge in [0, 0.05) is 12.6 Å². The molecule has 0 N–H and O–H groups in total. The Morgan fingerprint density at radius 1 is 1.39 bits per heavy atom. The molecule has 1 aliphatic carbocycles. The van der Waals surface area contributed by atoms with Crippen LogP contribution in [0.1, 0.15) is 64.1 Å². The molecule has 3 nitrogen and oxygen atoms in total. The summed E-state index contributed by atoms with van der Waals surface area (Å²) in [7, 11) is 0. The maximum atomic E-state index is 11.8.